The summed E-state index contributed by atoms with van der Waals surface area (Å²) in [4.78, 5) is 30.3. The average Bonchev–Trinajstić information content (AvgIpc) is 3.12. The Hall–Kier alpha value is -2.39. The molecular weight excluding hydrogens is 404 g/mol. The molecule has 0 aromatic carbocycles. The Bertz CT molecular complexity index is 774. The minimum absolute atomic E-state index is 0.126. The number of amides is 2. The Morgan fingerprint density at radius 3 is 2.73 bits per heavy atom. The van der Waals surface area contributed by atoms with Crippen molar-refractivity contribution in [2.24, 2.45) is 0 Å². The number of nitrogens with one attached hydrogen (secondary N) is 2. The number of aromatic nitrogens is 1. The van der Waals surface area contributed by atoms with Crippen LogP contribution in [0.3, 0.4) is 0 Å². The van der Waals surface area contributed by atoms with E-state index in [2.05, 4.69) is 36.4 Å². The van der Waals surface area contributed by atoms with Gasteiger partial charge in [0, 0.05) is 25.8 Å². The summed E-state index contributed by atoms with van der Waals surface area (Å²) in [5, 5.41) is 5.29. The Kier molecular flexibility index (Phi) is 6.24. The van der Waals surface area contributed by atoms with Gasteiger partial charge in [0.2, 0.25) is 5.91 Å². The monoisotopic (exact) mass is 422 g/mol. The van der Waals surface area contributed by atoms with Gasteiger partial charge < -0.3 is 24.7 Å². The van der Waals surface area contributed by atoms with E-state index in [0.717, 1.165) is 24.5 Å². The van der Waals surface area contributed by atoms with Crippen LogP contribution < -0.4 is 15.5 Å². The topological polar surface area (TPSA) is 96.7 Å². The molecule has 0 radical (unpaired) electrons. The van der Waals surface area contributed by atoms with E-state index in [1.807, 2.05) is 12.1 Å². The Morgan fingerprint density at radius 2 is 2.00 bits per heavy atom. The van der Waals surface area contributed by atoms with Gasteiger partial charge in [-0.15, -0.1) is 0 Å². The van der Waals surface area contributed by atoms with E-state index in [9.17, 15) is 9.59 Å². The van der Waals surface area contributed by atoms with Crippen molar-refractivity contribution in [3.8, 4) is 0 Å². The molecule has 2 aromatic heterocycles. The molecule has 0 bridgehead atoms. The molecule has 8 nitrogen and oxygen atoms in total. The van der Waals surface area contributed by atoms with Crippen LogP contribution in [0, 0.1) is 0 Å². The maximum atomic E-state index is 11.9. The zero-order valence-electron chi connectivity index (χ0n) is 14.0. The predicted molar refractivity (Wildman–Crippen MR) is 97.9 cm³/mol. The summed E-state index contributed by atoms with van der Waals surface area (Å²) in [7, 11) is 0. The van der Waals surface area contributed by atoms with Crippen molar-refractivity contribution in [1.82, 2.24) is 15.6 Å². The smallest absolute Gasteiger partial charge is 0.287 e. The number of ether oxygens (including phenoxy) is 1. The molecule has 0 atom stereocenters. The van der Waals surface area contributed by atoms with E-state index in [1.54, 1.807) is 12.3 Å². The first-order chi connectivity index (χ1) is 12.6. The molecule has 1 fully saturated rings. The number of pyridine rings is 1. The van der Waals surface area contributed by atoms with Crippen molar-refractivity contribution in [3.05, 3.63) is 46.5 Å². The standard InChI is InChI=1S/C17H19BrN4O4/c18-14-2-1-13(26-14)17(24)21-11-16(23)20-10-12-3-4-19-15(9-12)22-5-7-25-8-6-22/h1-4,9H,5-8,10-11H2,(H,20,23)(H,21,24). The largest absolute Gasteiger partial charge is 0.444 e. The summed E-state index contributed by atoms with van der Waals surface area (Å²) in [6.07, 6.45) is 1.73. The average molecular weight is 423 g/mol. The minimum atomic E-state index is -0.440. The highest BCUT2D eigenvalue weighted by Gasteiger charge is 2.14. The summed E-state index contributed by atoms with van der Waals surface area (Å²) in [6, 6.07) is 6.94. The second kappa shape index (κ2) is 8.81. The molecule has 0 aliphatic carbocycles. The third-order valence-electron chi connectivity index (χ3n) is 3.84. The number of nitrogens with zero attached hydrogens (tertiary/aromatic N) is 2. The molecule has 26 heavy (non-hydrogen) atoms. The summed E-state index contributed by atoms with van der Waals surface area (Å²) in [6.45, 7) is 3.22. The molecule has 0 spiro atoms. The summed E-state index contributed by atoms with van der Waals surface area (Å²) >= 11 is 3.12. The Morgan fingerprint density at radius 1 is 1.19 bits per heavy atom. The van der Waals surface area contributed by atoms with Gasteiger partial charge in [0.1, 0.15) is 5.82 Å². The Balaban J connectivity index is 1.46. The molecule has 0 unspecified atom stereocenters. The van der Waals surface area contributed by atoms with E-state index in [1.165, 1.54) is 6.07 Å². The lowest BCUT2D eigenvalue weighted by Crippen LogP contribution is -2.37. The van der Waals surface area contributed by atoms with Crippen LogP contribution in [0.4, 0.5) is 5.82 Å². The Labute approximate surface area is 159 Å². The summed E-state index contributed by atoms with van der Waals surface area (Å²) in [5.41, 5.74) is 0.941. The first kappa shape index (κ1) is 18.4. The van der Waals surface area contributed by atoms with Gasteiger partial charge in [0.15, 0.2) is 10.4 Å². The quantitative estimate of drug-likeness (QED) is 0.728. The summed E-state index contributed by atoms with van der Waals surface area (Å²) in [5.74, 6) is 0.295. The van der Waals surface area contributed by atoms with E-state index in [-0.39, 0.29) is 18.2 Å². The number of furan rings is 1. The molecule has 9 heteroatoms. The first-order valence-corrected chi connectivity index (χ1v) is 8.99. The van der Waals surface area contributed by atoms with Crippen molar-refractivity contribution in [2.75, 3.05) is 37.7 Å². The third-order valence-corrected chi connectivity index (χ3v) is 4.27. The number of hydrogen-bond donors (Lipinski definition) is 2. The van der Waals surface area contributed by atoms with Crippen LogP contribution in [-0.4, -0.2) is 49.6 Å². The molecule has 2 amide bonds. The van der Waals surface area contributed by atoms with E-state index < -0.39 is 5.91 Å². The van der Waals surface area contributed by atoms with Crippen LogP contribution in [0.2, 0.25) is 0 Å². The first-order valence-electron chi connectivity index (χ1n) is 8.19. The van der Waals surface area contributed by atoms with Gasteiger partial charge >= 0.3 is 0 Å². The molecule has 3 rings (SSSR count). The highest BCUT2D eigenvalue weighted by molar-refractivity contribution is 9.10. The van der Waals surface area contributed by atoms with Crippen molar-refractivity contribution in [1.29, 1.82) is 0 Å². The fraction of sp³-hybridized carbons (Fsp3) is 0.353. The third kappa shape index (κ3) is 5.06. The SMILES string of the molecule is O=C(CNC(=O)c1ccc(Br)o1)NCc1ccnc(N2CCOCC2)c1. The van der Waals surface area contributed by atoms with Crippen LogP contribution in [-0.2, 0) is 16.1 Å². The number of morpholine rings is 1. The molecule has 3 heterocycles. The summed E-state index contributed by atoms with van der Waals surface area (Å²) < 4.78 is 10.9. The van der Waals surface area contributed by atoms with Gasteiger partial charge in [-0.2, -0.15) is 0 Å². The van der Waals surface area contributed by atoms with E-state index in [0.29, 0.717) is 24.4 Å². The molecule has 1 aliphatic rings. The van der Waals surface area contributed by atoms with Gasteiger partial charge in [-0.25, -0.2) is 4.98 Å². The lowest BCUT2D eigenvalue weighted by atomic mass is 10.2. The van der Waals surface area contributed by atoms with Gasteiger partial charge in [0.25, 0.3) is 5.91 Å². The van der Waals surface area contributed by atoms with E-state index in [4.69, 9.17) is 9.15 Å². The molecule has 1 aliphatic heterocycles. The van der Waals surface area contributed by atoms with Crippen molar-refractivity contribution in [3.63, 3.8) is 0 Å². The fourth-order valence-corrected chi connectivity index (χ4v) is 2.79. The molecule has 138 valence electrons. The molecule has 1 saturated heterocycles. The maximum absolute atomic E-state index is 11.9. The van der Waals surface area contributed by atoms with Crippen LogP contribution in [0.5, 0.6) is 0 Å². The number of anilines is 1. The molecule has 0 saturated carbocycles. The van der Waals surface area contributed by atoms with Gasteiger partial charge in [0.05, 0.1) is 19.8 Å². The minimum Gasteiger partial charge on any atom is -0.444 e. The normalized spacial score (nSPS) is 14.1. The van der Waals surface area contributed by atoms with Crippen LogP contribution in [0.15, 0.2) is 39.5 Å². The van der Waals surface area contributed by atoms with Crippen molar-refractivity contribution in [2.45, 2.75) is 6.54 Å². The zero-order chi connectivity index (χ0) is 18.4. The molecule has 2 N–H and O–H groups in total. The number of hydrogen-bond acceptors (Lipinski definition) is 6. The van der Waals surface area contributed by atoms with Crippen LogP contribution >= 0.6 is 15.9 Å². The van der Waals surface area contributed by atoms with E-state index >= 15 is 0 Å². The predicted octanol–water partition coefficient (Wildman–Crippen LogP) is 1.32. The molecular formula is C17H19BrN4O4. The lowest BCUT2D eigenvalue weighted by molar-refractivity contribution is -0.120. The van der Waals surface area contributed by atoms with Gasteiger partial charge in [-0.1, -0.05) is 0 Å². The van der Waals surface area contributed by atoms with Crippen molar-refractivity contribution < 1.29 is 18.7 Å². The second-order valence-corrected chi connectivity index (χ2v) is 6.47. The van der Waals surface area contributed by atoms with Crippen LogP contribution in [0.1, 0.15) is 16.1 Å². The highest BCUT2D eigenvalue weighted by Crippen LogP contribution is 2.14. The second-order valence-electron chi connectivity index (χ2n) is 5.68. The van der Waals surface area contributed by atoms with Crippen molar-refractivity contribution >= 4 is 33.6 Å². The van der Waals surface area contributed by atoms with Gasteiger partial charge in [-0.3, -0.25) is 9.59 Å². The zero-order valence-corrected chi connectivity index (χ0v) is 15.6. The van der Waals surface area contributed by atoms with Gasteiger partial charge in [-0.05, 0) is 45.8 Å². The lowest BCUT2D eigenvalue weighted by Gasteiger charge is -2.28. The number of halogens is 1. The fourth-order valence-electron chi connectivity index (χ4n) is 2.48. The molecule has 2 aromatic rings. The number of carbonyl (C=O) groups is 2. The maximum Gasteiger partial charge on any atom is 0.287 e. The highest BCUT2D eigenvalue weighted by atomic mass is 79.9. The van der Waals surface area contributed by atoms with Crippen LogP contribution in [0.25, 0.3) is 0 Å². The number of rotatable bonds is 6. The number of carbonyl (C=O) groups excluding carboxylic acids is 2.